The van der Waals surface area contributed by atoms with Crippen LogP contribution in [-0.2, 0) is 4.79 Å². The predicted octanol–water partition coefficient (Wildman–Crippen LogP) is 4.34. The summed E-state index contributed by atoms with van der Waals surface area (Å²) >= 11 is 1.36. The van der Waals surface area contributed by atoms with Crippen molar-refractivity contribution in [3.05, 3.63) is 82.3 Å². The van der Waals surface area contributed by atoms with E-state index in [9.17, 15) is 18.8 Å². The number of benzene rings is 2. The first-order valence-corrected chi connectivity index (χ1v) is 12.7. The molecule has 2 heterocycles. The van der Waals surface area contributed by atoms with Gasteiger partial charge in [-0.3, -0.25) is 14.4 Å². The van der Waals surface area contributed by atoms with Crippen molar-refractivity contribution in [2.45, 2.75) is 19.9 Å². The van der Waals surface area contributed by atoms with Crippen LogP contribution in [0.5, 0.6) is 0 Å². The van der Waals surface area contributed by atoms with Crippen LogP contribution in [0.2, 0.25) is 0 Å². The molecule has 1 N–H and O–H groups in total. The molecule has 0 spiro atoms. The summed E-state index contributed by atoms with van der Waals surface area (Å²) in [7, 11) is 0. The van der Waals surface area contributed by atoms with Crippen LogP contribution in [0.3, 0.4) is 0 Å². The van der Waals surface area contributed by atoms with Crippen LogP contribution in [0.15, 0.2) is 66.0 Å². The summed E-state index contributed by atoms with van der Waals surface area (Å²) in [6, 6.07) is 17.0. The molecular formula is C27H29FN4O3S. The van der Waals surface area contributed by atoms with Gasteiger partial charge in [0, 0.05) is 43.6 Å². The van der Waals surface area contributed by atoms with Gasteiger partial charge in [-0.15, -0.1) is 11.3 Å². The molecular weight excluding hydrogens is 479 g/mol. The van der Waals surface area contributed by atoms with Crippen LogP contribution in [-0.4, -0.2) is 66.3 Å². The average molecular weight is 509 g/mol. The first-order valence-electron chi connectivity index (χ1n) is 11.9. The topological polar surface area (TPSA) is 73.0 Å². The van der Waals surface area contributed by atoms with E-state index in [4.69, 9.17) is 0 Å². The number of carbonyl (C=O) groups is 3. The maximum absolute atomic E-state index is 14.0. The minimum Gasteiger partial charge on any atom is -0.368 e. The lowest BCUT2D eigenvalue weighted by atomic mass is 10.1. The minimum absolute atomic E-state index is 0.0336. The third-order valence-corrected chi connectivity index (χ3v) is 6.98. The highest BCUT2D eigenvalue weighted by Gasteiger charge is 2.25. The van der Waals surface area contributed by atoms with Crippen molar-refractivity contribution >= 4 is 40.4 Å². The van der Waals surface area contributed by atoms with E-state index in [1.807, 2.05) is 49.6 Å². The minimum atomic E-state index is -0.505. The van der Waals surface area contributed by atoms with Crippen LogP contribution >= 0.6 is 11.3 Å². The Morgan fingerprint density at radius 1 is 0.972 bits per heavy atom. The number of carbonyl (C=O) groups excluding carboxylic acids is 3. The molecule has 1 fully saturated rings. The molecule has 3 aromatic rings. The van der Waals surface area contributed by atoms with E-state index in [0.29, 0.717) is 36.7 Å². The smallest absolute Gasteiger partial charge is 0.264 e. The molecule has 4 rings (SSSR count). The molecule has 1 aliphatic rings. The van der Waals surface area contributed by atoms with Crippen molar-refractivity contribution in [1.82, 2.24) is 9.80 Å². The highest BCUT2D eigenvalue weighted by molar-refractivity contribution is 7.12. The fraction of sp³-hybridized carbons (Fsp3) is 0.296. The molecule has 0 atom stereocenters. The second kappa shape index (κ2) is 11.3. The number of halogens is 1. The summed E-state index contributed by atoms with van der Waals surface area (Å²) in [5, 5.41) is 4.71. The van der Waals surface area contributed by atoms with Gasteiger partial charge in [-0.25, -0.2) is 4.39 Å². The molecule has 3 amide bonds. The van der Waals surface area contributed by atoms with E-state index in [1.165, 1.54) is 23.5 Å². The van der Waals surface area contributed by atoms with Crippen LogP contribution in [0.4, 0.5) is 15.8 Å². The molecule has 0 saturated carbocycles. The van der Waals surface area contributed by atoms with Crippen molar-refractivity contribution in [3.63, 3.8) is 0 Å². The Bertz CT molecular complexity index is 1210. The van der Waals surface area contributed by atoms with Crippen molar-refractivity contribution in [3.8, 4) is 0 Å². The molecule has 36 heavy (non-hydrogen) atoms. The molecule has 9 heteroatoms. The normalized spacial score (nSPS) is 13.6. The van der Waals surface area contributed by atoms with Gasteiger partial charge in [-0.1, -0.05) is 18.2 Å². The van der Waals surface area contributed by atoms with Gasteiger partial charge in [0.1, 0.15) is 12.4 Å². The molecule has 188 valence electrons. The highest BCUT2D eigenvalue weighted by atomic mass is 32.1. The average Bonchev–Trinajstić information content (AvgIpc) is 3.42. The number of anilines is 2. The summed E-state index contributed by atoms with van der Waals surface area (Å²) in [6.07, 6.45) is 0. The Kier molecular flexibility index (Phi) is 8.00. The fourth-order valence-electron chi connectivity index (χ4n) is 4.11. The second-order valence-corrected chi connectivity index (χ2v) is 9.81. The maximum Gasteiger partial charge on any atom is 0.264 e. The van der Waals surface area contributed by atoms with E-state index in [0.717, 1.165) is 5.69 Å². The Morgan fingerprint density at radius 2 is 1.67 bits per heavy atom. The number of amides is 3. The quantitative estimate of drug-likeness (QED) is 0.515. The summed E-state index contributed by atoms with van der Waals surface area (Å²) in [5.41, 5.74) is 1.71. The Hall–Kier alpha value is -3.72. The highest BCUT2D eigenvalue weighted by Crippen LogP contribution is 2.21. The van der Waals surface area contributed by atoms with Gasteiger partial charge in [-0.2, -0.15) is 0 Å². The standard InChI is InChI=1S/C27H29FN4O3S/c1-19(2)32(27(35)24-8-5-17-36-24)18-25(33)29-20-9-11-21(12-10-20)30-13-15-31(16-14-30)26(34)22-6-3-4-7-23(22)28/h3-12,17,19H,13-16,18H2,1-2H3,(H,29,33). The number of nitrogens with zero attached hydrogens (tertiary/aromatic N) is 3. The largest absolute Gasteiger partial charge is 0.368 e. The Balaban J connectivity index is 1.30. The lowest BCUT2D eigenvalue weighted by Crippen LogP contribution is -2.49. The fourth-order valence-corrected chi connectivity index (χ4v) is 4.79. The van der Waals surface area contributed by atoms with Crippen molar-refractivity contribution in [1.29, 1.82) is 0 Å². The van der Waals surface area contributed by atoms with Crippen molar-refractivity contribution in [2.24, 2.45) is 0 Å². The lowest BCUT2D eigenvalue weighted by Gasteiger charge is -2.36. The SMILES string of the molecule is CC(C)N(CC(=O)Nc1ccc(N2CCN(C(=O)c3ccccc3F)CC2)cc1)C(=O)c1cccs1. The van der Waals surface area contributed by atoms with Crippen LogP contribution in [0.1, 0.15) is 33.9 Å². The van der Waals surface area contributed by atoms with E-state index in [-0.39, 0.29) is 35.9 Å². The molecule has 1 saturated heterocycles. The van der Waals surface area contributed by atoms with Gasteiger partial charge >= 0.3 is 0 Å². The Morgan fingerprint density at radius 3 is 2.28 bits per heavy atom. The molecule has 0 radical (unpaired) electrons. The summed E-state index contributed by atoms with van der Waals surface area (Å²) in [6.45, 7) is 5.98. The molecule has 0 unspecified atom stereocenters. The van der Waals surface area contributed by atoms with Crippen molar-refractivity contribution in [2.75, 3.05) is 42.9 Å². The zero-order valence-electron chi connectivity index (χ0n) is 20.3. The zero-order chi connectivity index (χ0) is 25.7. The number of rotatable bonds is 7. The van der Waals surface area contributed by atoms with E-state index in [1.54, 1.807) is 28.0 Å². The van der Waals surface area contributed by atoms with Crippen LogP contribution in [0.25, 0.3) is 0 Å². The predicted molar refractivity (Wildman–Crippen MR) is 140 cm³/mol. The molecule has 0 aliphatic carbocycles. The van der Waals surface area contributed by atoms with E-state index in [2.05, 4.69) is 10.2 Å². The number of hydrogen-bond acceptors (Lipinski definition) is 5. The zero-order valence-corrected chi connectivity index (χ0v) is 21.1. The van der Waals surface area contributed by atoms with E-state index < -0.39 is 5.82 Å². The first kappa shape index (κ1) is 25.4. The van der Waals surface area contributed by atoms with Gasteiger partial charge in [-0.05, 0) is 61.7 Å². The monoisotopic (exact) mass is 508 g/mol. The first-order chi connectivity index (χ1) is 17.3. The van der Waals surface area contributed by atoms with Crippen molar-refractivity contribution < 1.29 is 18.8 Å². The van der Waals surface area contributed by atoms with Gasteiger partial charge in [0.15, 0.2) is 0 Å². The molecule has 1 aliphatic heterocycles. The number of thiophene rings is 1. The summed E-state index contributed by atoms with van der Waals surface area (Å²) < 4.78 is 14.0. The number of nitrogens with one attached hydrogen (secondary N) is 1. The summed E-state index contributed by atoms with van der Waals surface area (Å²) in [4.78, 5) is 44.0. The Labute approximate surface area is 214 Å². The van der Waals surface area contributed by atoms with E-state index >= 15 is 0 Å². The summed E-state index contributed by atoms with van der Waals surface area (Å²) in [5.74, 6) is -1.21. The molecule has 0 bridgehead atoms. The number of hydrogen-bond donors (Lipinski definition) is 1. The van der Waals surface area contributed by atoms with Crippen LogP contribution in [0, 0.1) is 5.82 Å². The third kappa shape index (κ3) is 5.91. The molecule has 7 nitrogen and oxygen atoms in total. The number of piperazine rings is 1. The maximum atomic E-state index is 14.0. The van der Waals surface area contributed by atoms with Gasteiger partial charge in [0.05, 0.1) is 10.4 Å². The van der Waals surface area contributed by atoms with Gasteiger partial charge in [0.2, 0.25) is 5.91 Å². The van der Waals surface area contributed by atoms with Gasteiger partial charge in [0.25, 0.3) is 11.8 Å². The third-order valence-electron chi connectivity index (χ3n) is 6.12. The molecule has 2 aromatic carbocycles. The second-order valence-electron chi connectivity index (χ2n) is 8.86. The molecule has 1 aromatic heterocycles. The van der Waals surface area contributed by atoms with Gasteiger partial charge < -0.3 is 20.0 Å². The van der Waals surface area contributed by atoms with Crippen LogP contribution < -0.4 is 10.2 Å². The lowest BCUT2D eigenvalue weighted by molar-refractivity contribution is -0.117.